The van der Waals surface area contributed by atoms with E-state index in [0.29, 0.717) is 36.5 Å². The van der Waals surface area contributed by atoms with Gasteiger partial charge in [-0.1, -0.05) is 56.2 Å². The number of halogens is 6. The number of rotatable bonds is 8. The maximum atomic E-state index is 14.9. The van der Waals surface area contributed by atoms with Gasteiger partial charge in [0.25, 0.3) is 0 Å². The summed E-state index contributed by atoms with van der Waals surface area (Å²) in [5.74, 6) is -5.94. The Morgan fingerprint density at radius 3 is 1.93 bits per heavy atom. The molecule has 0 heterocycles. The molecule has 5 rings (SSSR count). The standard InChI is InChI=1S/C33H34F6O2/c1-20-2-4-21(5-3-20)22-6-8-23(9-7-22)24-10-11-25(29(34)16-24)19-40-27-14-12-26(13-15-27)33(38,39)41-28-17-30(35)32(37)31(36)18-28/h6-11,16-18,20-21,26-27H,2-5,12-15,19H2,1H3. The van der Waals surface area contributed by atoms with Gasteiger partial charge in [-0.25, -0.2) is 17.6 Å². The van der Waals surface area contributed by atoms with E-state index < -0.39 is 35.2 Å². The zero-order valence-electron chi connectivity index (χ0n) is 23.0. The fourth-order valence-electron chi connectivity index (χ4n) is 5.99. The van der Waals surface area contributed by atoms with Gasteiger partial charge in [0.1, 0.15) is 11.6 Å². The topological polar surface area (TPSA) is 18.5 Å². The summed E-state index contributed by atoms with van der Waals surface area (Å²) in [6.07, 6.45) is 1.57. The summed E-state index contributed by atoms with van der Waals surface area (Å²) in [5, 5.41) is 0. The number of ether oxygens (including phenoxy) is 2. The molecule has 2 aliphatic rings. The van der Waals surface area contributed by atoms with Crippen LogP contribution in [0.5, 0.6) is 5.75 Å². The molecule has 0 amide bonds. The average Bonchev–Trinajstić information content (AvgIpc) is 2.96. The molecule has 3 aromatic rings. The Morgan fingerprint density at radius 1 is 0.707 bits per heavy atom. The van der Waals surface area contributed by atoms with Gasteiger partial charge in [0, 0.05) is 17.7 Å². The second kappa shape index (κ2) is 12.5. The van der Waals surface area contributed by atoms with Crippen LogP contribution in [0.25, 0.3) is 11.1 Å². The van der Waals surface area contributed by atoms with E-state index in [-0.39, 0.29) is 31.4 Å². The molecular weight excluding hydrogens is 542 g/mol. The van der Waals surface area contributed by atoms with E-state index in [1.807, 2.05) is 18.2 Å². The first-order chi connectivity index (χ1) is 19.6. The zero-order valence-corrected chi connectivity index (χ0v) is 23.0. The molecule has 0 atom stereocenters. The van der Waals surface area contributed by atoms with Gasteiger partial charge in [0.15, 0.2) is 17.5 Å². The van der Waals surface area contributed by atoms with Crippen molar-refractivity contribution in [2.75, 3.05) is 0 Å². The fraction of sp³-hybridized carbons (Fsp3) is 0.455. The van der Waals surface area contributed by atoms with Gasteiger partial charge < -0.3 is 9.47 Å². The van der Waals surface area contributed by atoms with E-state index in [4.69, 9.17) is 4.74 Å². The highest BCUT2D eigenvalue weighted by Crippen LogP contribution is 2.40. The molecule has 2 aliphatic carbocycles. The Labute approximate surface area is 236 Å². The molecule has 2 fully saturated rings. The number of alkyl halides is 2. The molecule has 8 heteroatoms. The first-order valence-electron chi connectivity index (χ1n) is 14.3. The minimum absolute atomic E-state index is 0.0154. The summed E-state index contributed by atoms with van der Waals surface area (Å²) >= 11 is 0. The molecule has 0 radical (unpaired) electrons. The summed E-state index contributed by atoms with van der Waals surface area (Å²) < 4.78 is 94.5. The zero-order chi connectivity index (χ0) is 29.1. The molecule has 2 saturated carbocycles. The van der Waals surface area contributed by atoms with E-state index in [9.17, 15) is 26.3 Å². The summed E-state index contributed by atoms with van der Waals surface area (Å²) in [4.78, 5) is 0. The molecule has 0 aliphatic heterocycles. The van der Waals surface area contributed by atoms with Crippen LogP contribution in [0, 0.1) is 35.1 Å². The highest BCUT2D eigenvalue weighted by Gasteiger charge is 2.44. The molecule has 3 aromatic carbocycles. The Balaban J connectivity index is 1.12. The molecule has 0 aromatic heterocycles. The van der Waals surface area contributed by atoms with Crippen LogP contribution in [0.3, 0.4) is 0 Å². The van der Waals surface area contributed by atoms with Crippen LogP contribution in [-0.2, 0) is 11.3 Å². The fourth-order valence-corrected chi connectivity index (χ4v) is 5.99. The first kappa shape index (κ1) is 29.5. The third kappa shape index (κ3) is 7.08. The molecular formula is C33H34F6O2. The van der Waals surface area contributed by atoms with Crippen molar-refractivity contribution in [3.05, 3.63) is 89.0 Å². The molecule has 2 nitrogen and oxygen atoms in total. The molecule has 0 unspecified atom stereocenters. The van der Waals surface area contributed by atoms with Crippen molar-refractivity contribution in [3.63, 3.8) is 0 Å². The summed E-state index contributed by atoms with van der Waals surface area (Å²) in [5.41, 5.74) is 3.44. The monoisotopic (exact) mass is 576 g/mol. The van der Waals surface area contributed by atoms with Gasteiger partial charge in [-0.15, -0.1) is 0 Å². The van der Waals surface area contributed by atoms with E-state index in [0.717, 1.165) is 17.0 Å². The van der Waals surface area contributed by atoms with Crippen molar-refractivity contribution in [3.8, 4) is 16.9 Å². The Morgan fingerprint density at radius 2 is 1.32 bits per heavy atom. The maximum Gasteiger partial charge on any atom is 0.400 e. The van der Waals surface area contributed by atoms with Gasteiger partial charge >= 0.3 is 6.11 Å². The van der Waals surface area contributed by atoms with E-state index in [1.54, 1.807) is 6.07 Å². The lowest BCUT2D eigenvalue weighted by Crippen LogP contribution is -2.38. The highest BCUT2D eigenvalue weighted by atomic mass is 19.3. The van der Waals surface area contributed by atoms with E-state index in [2.05, 4.69) is 23.8 Å². The van der Waals surface area contributed by atoms with Crippen LogP contribution in [0.4, 0.5) is 26.3 Å². The minimum atomic E-state index is -3.70. The van der Waals surface area contributed by atoms with Gasteiger partial charge in [0.2, 0.25) is 0 Å². The quantitative estimate of drug-likeness (QED) is 0.196. The van der Waals surface area contributed by atoms with Crippen LogP contribution >= 0.6 is 0 Å². The Hall–Kier alpha value is -3.00. The van der Waals surface area contributed by atoms with Crippen LogP contribution in [0.15, 0.2) is 54.6 Å². The van der Waals surface area contributed by atoms with E-state index in [1.165, 1.54) is 37.3 Å². The van der Waals surface area contributed by atoms with Crippen molar-refractivity contribution in [2.45, 2.75) is 83.0 Å². The largest absolute Gasteiger partial charge is 0.432 e. The molecule has 41 heavy (non-hydrogen) atoms. The van der Waals surface area contributed by atoms with Crippen molar-refractivity contribution in [1.82, 2.24) is 0 Å². The minimum Gasteiger partial charge on any atom is -0.432 e. The second-order valence-electron chi connectivity index (χ2n) is 11.5. The number of hydrogen-bond acceptors (Lipinski definition) is 2. The second-order valence-corrected chi connectivity index (χ2v) is 11.5. The normalized spacial score (nSPS) is 23.4. The van der Waals surface area contributed by atoms with Gasteiger partial charge in [0.05, 0.1) is 18.6 Å². The van der Waals surface area contributed by atoms with Crippen molar-refractivity contribution in [2.24, 2.45) is 11.8 Å². The van der Waals surface area contributed by atoms with Crippen molar-refractivity contribution in [1.29, 1.82) is 0 Å². The lowest BCUT2D eigenvalue weighted by Gasteiger charge is -2.33. The first-order valence-corrected chi connectivity index (χ1v) is 14.3. The molecule has 0 N–H and O–H groups in total. The van der Waals surface area contributed by atoms with Gasteiger partial charge in [-0.05, 0) is 73.1 Å². The predicted molar refractivity (Wildman–Crippen MR) is 145 cm³/mol. The van der Waals surface area contributed by atoms with Crippen LogP contribution in [-0.4, -0.2) is 12.2 Å². The SMILES string of the molecule is CC1CCC(c2ccc(-c3ccc(COC4CCC(C(F)(F)Oc5cc(F)c(F)c(F)c5)CC4)c(F)c3)cc2)CC1. The van der Waals surface area contributed by atoms with Crippen LogP contribution in [0.2, 0.25) is 0 Å². The summed E-state index contributed by atoms with van der Waals surface area (Å²) in [6, 6.07) is 14.2. The van der Waals surface area contributed by atoms with Gasteiger partial charge in [-0.2, -0.15) is 8.78 Å². The lowest BCUT2D eigenvalue weighted by atomic mass is 9.79. The third-order valence-corrected chi connectivity index (χ3v) is 8.62. The molecule has 0 spiro atoms. The number of hydrogen-bond donors (Lipinski definition) is 0. The molecule has 0 saturated heterocycles. The maximum absolute atomic E-state index is 14.9. The smallest absolute Gasteiger partial charge is 0.400 e. The summed E-state index contributed by atoms with van der Waals surface area (Å²) in [7, 11) is 0. The molecule has 0 bridgehead atoms. The summed E-state index contributed by atoms with van der Waals surface area (Å²) in [6.45, 7) is 2.32. The Bertz CT molecular complexity index is 1300. The lowest BCUT2D eigenvalue weighted by molar-refractivity contribution is -0.226. The van der Waals surface area contributed by atoms with Gasteiger partial charge in [-0.3, -0.25) is 0 Å². The van der Waals surface area contributed by atoms with Crippen LogP contribution < -0.4 is 4.74 Å². The third-order valence-electron chi connectivity index (χ3n) is 8.62. The highest BCUT2D eigenvalue weighted by molar-refractivity contribution is 5.64. The predicted octanol–water partition coefficient (Wildman–Crippen LogP) is 9.95. The van der Waals surface area contributed by atoms with Crippen molar-refractivity contribution < 1.29 is 35.8 Å². The number of benzene rings is 3. The Kier molecular flexibility index (Phi) is 8.97. The van der Waals surface area contributed by atoms with E-state index >= 15 is 0 Å². The average molecular weight is 577 g/mol. The van der Waals surface area contributed by atoms with Crippen LogP contribution in [0.1, 0.15) is 75.3 Å². The molecule has 220 valence electrons. The van der Waals surface area contributed by atoms with Crippen molar-refractivity contribution >= 4 is 0 Å².